The molecule has 4 aromatic rings. The molecule has 11 heteroatoms. The van der Waals surface area contributed by atoms with Crippen molar-refractivity contribution in [2.75, 3.05) is 30.4 Å². The third kappa shape index (κ3) is 4.92. The number of hydrogen-bond donors (Lipinski definition) is 1. The summed E-state index contributed by atoms with van der Waals surface area (Å²) in [6.45, 7) is 16.4. The molecule has 0 unspecified atom stereocenters. The third-order valence-electron chi connectivity index (χ3n) is 7.55. The normalized spacial score (nSPS) is 18.0. The van der Waals surface area contributed by atoms with Gasteiger partial charge in [-0.2, -0.15) is 4.98 Å². The Balaban J connectivity index is 1.52. The molecular weight excluding hydrogens is 506 g/mol. The summed E-state index contributed by atoms with van der Waals surface area (Å²) in [6.07, 6.45) is 3.16. The summed E-state index contributed by atoms with van der Waals surface area (Å²) in [5.41, 5.74) is 3.13. The molecule has 0 radical (unpaired) electrons. The zero-order valence-electron chi connectivity index (χ0n) is 24.0. The van der Waals surface area contributed by atoms with Crippen molar-refractivity contribution >= 4 is 28.4 Å². The molecule has 210 valence electrons. The molecule has 1 aliphatic heterocycles. The van der Waals surface area contributed by atoms with Crippen LogP contribution in [0.3, 0.4) is 0 Å². The Bertz CT molecular complexity index is 1680. The summed E-state index contributed by atoms with van der Waals surface area (Å²) in [5.74, 6) is 0.755. The zero-order chi connectivity index (χ0) is 28.7. The van der Waals surface area contributed by atoms with Gasteiger partial charge in [0.2, 0.25) is 5.95 Å². The van der Waals surface area contributed by atoms with Gasteiger partial charge < -0.3 is 10.2 Å². The summed E-state index contributed by atoms with van der Waals surface area (Å²) in [6, 6.07) is 10.1. The topological polar surface area (TPSA) is 106 Å². The fraction of sp³-hybridized carbons (Fsp3) is 0.414. The molecule has 1 fully saturated rings. The highest BCUT2D eigenvalue weighted by Crippen LogP contribution is 2.29. The maximum Gasteiger partial charge on any atom is 0.278 e. The molecule has 3 aromatic heterocycles. The van der Waals surface area contributed by atoms with Crippen LogP contribution in [0.1, 0.15) is 39.3 Å². The van der Waals surface area contributed by atoms with E-state index < -0.39 is 0 Å². The summed E-state index contributed by atoms with van der Waals surface area (Å²) in [5, 5.41) is 8.18. The molecular formula is C29H37N9O2. The number of nitrogens with one attached hydrogen (secondary N) is 1. The number of fused-ring (bicyclic) bond motifs is 1. The first-order chi connectivity index (χ1) is 19.1. The van der Waals surface area contributed by atoms with E-state index in [9.17, 15) is 9.59 Å². The number of likely N-dealkylation sites (N-methyl/N-ethyl adjacent to an activating group) is 1. The van der Waals surface area contributed by atoms with Crippen molar-refractivity contribution in [1.82, 2.24) is 34.0 Å². The van der Waals surface area contributed by atoms with Crippen molar-refractivity contribution in [3.8, 4) is 5.82 Å². The van der Waals surface area contributed by atoms with Crippen LogP contribution in [0.15, 0.2) is 58.8 Å². The van der Waals surface area contributed by atoms with Crippen molar-refractivity contribution in [2.24, 2.45) is 0 Å². The van der Waals surface area contributed by atoms with Crippen molar-refractivity contribution in [3.05, 3.63) is 75.5 Å². The number of allylic oxidation sites excluding steroid dienone is 1. The Hall–Kier alpha value is -4.25. The monoisotopic (exact) mass is 543 g/mol. The molecule has 0 saturated carbocycles. The Morgan fingerprint density at radius 3 is 2.60 bits per heavy atom. The molecule has 0 amide bonds. The predicted octanol–water partition coefficient (Wildman–Crippen LogP) is 3.49. The third-order valence-corrected chi connectivity index (χ3v) is 7.55. The second kappa shape index (κ2) is 10.7. The molecule has 11 nitrogen and oxygen atoms in total. The highest BCUT2D eigenvalue weighted by molar-refractivity contribution is 5.77. The van der Waals surface area contributed by atoms with Crippen LogP contribution in [0.25, 0.3) is 16.9 Å². The van der Waals surface area contributed by atoms with E-state index >= 15 is 0 Å². The van der Waals surface area contributed by atoms with Gasteiger partial charge in [0.05, 0.1) is 12.6 Å². The van der Waals surface area contributed by atoms with E-state index in [1.165, 1.54) is 27.3 Å². The Labute approximate surface area is 233 Å². The lowest BCUT2D eigenvalue weighted by Gasteiger charge is -2.44. The lowest BCUT2D eigenvalue weighted by molar-refractivity contribution is 0.205. The van der Waals surface area contributed by atoms with E-state index in [4.69, 9.17) is 4.98 Å². The second-order valence-corrected chi connectivity index (χ2v) is 10.9. The maximum absolute atomic E-state index is 13.3. The van der Waals surface area contributed by atoms with Gasteiger partial charge in [0.25, 0.3) is 11.1 Å². The van der Waals surface area contributed by atoms with Crippen molar-refractivity contribution in [2.45, 2.75) is 59.3 Å². The quantitative estimate of drug-likeness (QED) is 0.353. The molecule has 5 rings (SSSR count). The van der Waals surface area contributed by atoms with Crippen molar-refractivity contribution < 1.29 is 0 Å². The van der Waals surface area contributed by atoms with Crippen LogP contribution >= 0.6 is 0 Å². The molecule has 1 saturated heterocycles. The van der Waals surface area contributed by atoms with E-state index in [1.54, 1.807) is 16.8 Å². The molecule has 0 aliphatic carbocycles. The highest BCUT2D eigenvalue weighted by atomic mass is 16.1. The minimum absolute atomic E-state index is 0.149. The number of aromatic nitrogens is 6. The highest BCUT2D eigenvalue weighted by Gasteiger charge is 2.27. The van der Waals surface area contributed by atoms with E-state index in [0.29, 0.717) is 34.9 Å². The van der Waals surface area contributed by atoms with E-state index in [-0.39, 0.29) is 23.7 Å². The van der Waals surface area contributed by atoms with Gasteiger partial charge >= 0.3 is 0 Å². The first kappa shape index (κ1) is 27.3. The van der Waals surface area contributed by atoms with E-state index in [2.05, 4.69) is 71.7 Å². The molecule has 0 bridgehead atoms. The van der Waals surface area contributed by atoms with Crippen LogP contribution < -0.4 is 21.3 Å². The minimum Gasteiger partial charge on any atom is -0.366 e. The smallest absolute Gasteiger partial charge is 0.278 e. The lowest BCUT2D eigenvalue weighted by Crippen LogP contribution is -2.55. The molecule has 1 aliphatic rings. The molecule has 1 N–H and O–H groups in total. The van der Waals surface area contributed by atoms with E-state index in [0.717, 1.165) is 24.3 Å². The van der Waals surface area contributed by atoms with Crippen LogP contribution in [-0.2, 0) is 6.54 Å². The number of anilines is 3. The fourth-order valence-corrected chi connectivity index (χ4v) is 5.33. The Morgan fingerprint density at radius 2 is 1.90 bits per heavy atom. The van der Waals surface area contributed by atoms with Crippen LogP contribution in [0.5, 0.6) is 0 Å². The van der Waals surface area contributed by atoms with Crippen LogP contribution in [0.2, 0.25) is 0 Å². The SMILES string of the molecule is C=CCn1c(=O)c2cnc(Nc3ccc(N4C[C@H](C)N(C)C[C@H]4C)c(C)c3)nc2n1-c1ccc(=O)n(C(C)C)n1. The number of piperazine rings is 1. The summed E-state index contributed by atoms with van der Waals surface area (Å²) in [4.78, 5) is 39.6. The molecule has 0 spiro atoms. The lowest BCUT2D eigenvalue weighted by atomic mass is 10.1. The summed E-state index contributed by atoms with van der Waals surface area (Å²) in [7, 11) is 2.18. The molecule has 2 atom stereocenters. The number of benzene rings is 1. The van der Waals surface area contributed by atoms with Gasteiger partial charge in [-0.05, 0) is 71.5 Å². The zero-order valence-corrected chi connectivity index (χ0v) is 24.0. The van der Waals surface area contributed by atoms with Crippen molar-refractivity contribution in [3.63, 3.8) is 0 Å². The van der Waals surface area contributed by atoms with Gasteiger partial charge in [0, 0.05) is 48.8 Å². The largest absolute Gasteiger partial charge is 0.366 e. The van der Waals surface area contributed by atoms with Gasteiger partial charge in [0.15, 0.2) is 11.5 Å². The van der Waals surface area contributed by atoms with Gasteiger partial charge in [-0.3, -0.25) is 14.5 Å². The standard InChI is InChI=1S/C29H37N9O2/c1-8-13-36-28(40)23-15-30-29(32-27(23)38(36)25-11-12-26(39)37(33-25)18(2)3)31-22-9-10-24(19(4)14-22)35-17-20(5)34(7)16-21(35)6/h8-12,14-15,18,20-21H,1,13,16-17H2,2-7H3,(H,30,31,32)/t20-,21+/m0/s1. The first-order valence-electron chi connectivity index (χ1n) is 13.6. The summed E-state index contributed by atoms with van der Waals surface area (Å²) >= 11 is 0. The average molecular weight is 544 g/mol. The maximum atomic E-state index is 13.3. The van der Waals surface area contributed by atoms with Gasteiger partial charge in [-0.15, -0.1) is 11.7 Å². The Kier molecular flexibility index (Phi) is 7.33. The molecule has 4 heterocycles. The summed E-state index contributed by atoms with van der Waals surface area (Å²) < 4.78 is 4.50. The first-order valence-corrected chi connectivity index (χ1v) is 13.6. The average Bonchev–Trinajstić information content (AvgIpc) is 3.17. The number of nitrogens with zero attached hydrogens (tertiary/aromatic N) is 8. The number of aryl methyl sites for hydroxylation is 1. The number of hydrogen-bond acceptors (Lipinski definition) is 8. The van der Waals surface area contributed by atoms with Crippen LogP contribution in [-0.4, -0.2) is 66.2 Å². The van der Waals surface area contributed by atoms with Crippen LogP contribution in [0.4, 0.5) is 17.3 Å². The van der Waals surface area contributed by atoms with Crippen LogP contribution in [0, 0.1) is 6.92 Å². The fourth-order valence-electron chi connectivity index (χ4n) is 5.33. The second-order valence-electron chi connectivity index (χ2n) is 10.9. The Morgan fingerprint density at radius 1 is 1.12 bits per heavy atom. The van der Waals surface area contributed by atoms with Crippen molar-refractivity contribution in [1.29, 1.82) is 0 Å². The number of rotatable bonds is 7. The molecule has 40 heavy (non-hydrogen) atoms. The van der Waals surface area contributed by atoms with Gasteiger partial charge in [-0.1, -0.05) is 6.08 Å². The van der Waals surface area contributed by atoms with E-state index in [1.807, 2.05) is 19.9 Å². The molecule has 1 aromatic carbocycles. The van der Waals surface area contributed by atoms with Gasteiger partial charge in [0.1, 0.15) is 5.39 Å². The predicted molar refractivity (Wildman–Crippen MR) is 159 cm³/mol. The minimum atomic E-state index is -0.263. The van der Waals surface area contributed by atoms with Gasteiger partial charge in [-0.25, -0.2) is 19.0 Å².